The maximum atomic E-state index is 12.8. The molecule has 0 saturated heterocycles. The molecule has 0 bridgehead atoms. The number of benzene rings is 1. The number of aliphatic hydroxyl groups excluding tert-OH is 1. The van der Waals surface area contributed by atoms with E-state index in [-0.39, 0.29) is 24.9 Å². The summed E-state index contributed by atoms with van der Waals surface area (Å²) in [7, 11) is 0. The van der Waals surface area contributed by atoms with Crippen molar-refractivity contribution < 1.29 is 19.0 Å². The van der Waals surface area contributed by atoms with Crippen molar-refractivity contribution in [1.29, 1.82) is 0 Å². The van der Waals surface area contributed by atoms with Crippen LogP contribution in [0.5, 0.6) is 5.75 Å². The van der Waals surface area contributed by atoms with Crippen molar-refractivity contribution >= 4 is 5.91 Å². The van der Waals surface area contributed by atoms with Crippen LogP contribution in [-0.4, -0.2) is 41.2 Å². The molecule has 20 heavy (non-hydrogen) atoms. The van der Waals surface area contributed by atoms with Gasteiger partial charge in [-0.25, -0.2) is 4.39 Å². The zero-order chi connectivity index (χ0) is 15.2. The molecule has 0 radical (unpaired) electrons. The normalized spacial score (nSPS) is 11.0. The van der Waals surface area contributed by atoms with E-state index < -0.39 is 5.60 Å². The second-order valence-corrected chi connectivity index (χ2v) is 4.83. The lowest BCUT2D eigenvalue weighted by Gasteiger charge is -2.31. The van der Waals surface area contributed by atoms with E-state index >= 15 is 0 Å². The van der Waals surface area contributed by atoms with Crippen molar-refractivity contribution in [3.8, 4) is 5.75 Å². The highest BCUT2D eigenvalue weighted by Gasteiger charge is 2.33. The van der Waals surface area contributed by atoms with Gasteiger partial charge in [-0.05, 0) is 38.1 Å². The van der Waals surface area contributed by atoms with E-state index in [1.165, 1.54) is 29.2 Å². The standard InChI is InChI=1S/C15H20FNO3/c1-4-9-17(10-11-18)14(19)15(2,3)20-13-7-5-12(16)6-8-13/h4-8,18H,1,9-11H2,2-3H3. The Morgan fingerprint density at radius 3 is 2.55 bits per heavy atom. The number of carbonyl (C=O) groups excluding carboxylic acids is 1. The molecule has 4 nitrogen and oxygen atoms in total. The first kappa shape index (κ1) is 16.2. The van der Waals surface area contributed by atoms with Crippen LogP contribution in [0.15, 0.2) is 36.9 Å². The van der Waals surface area contributed by atoms with Crippen LogP contribution in [0.3, 0.4) is 0 Å². The number of amides is 1. The van der Waals surface area contributed by atoms with Gasteiger partial charge in [0.1, 0.15) is 11.6 Å². The van der Waals surface area contributed by atoms with Gasteiger partial charge in [0.15, 0.2) is 5.60 Å². The Labute approximate surface area is 118 Å². The van der Waals surface area contributed by atoms with Crippen LogP contribution in [0.4, 0.5) is 4.39 Å². The van der Waals surface area contributed by atoms with E-state index in [4.69, 9.17) is 9.84 Å². The molecule has 1 amide bonds. The van der Waals surface area contributed by atoms with Gasteiger partial charge in [-0.1, -0.05) is 6.08 Å². The molecule has 0 spiro atoms. The number of aliphatic hydroxyl groups is 1. The highest BCUT2D eigenvalue weighted by Crippen LogP contribution is 2.20. The van der Waals surface area contributed by atoms with Crippen LogP contribution in [-0.2, 0) is 4.79 Å². The lowest BCUT2D eigenvalue weighted by Crippen LogP contribution is -2.49. The van der Waals surface area contributed by atoms with Gasteiger partial charge >= 0.3 is 0 Å². The monoisotopic (exact) mass is 281 g/mol. The summed E-state index contributed by atoms with van der Waals surface area (Å²) < 4.78 is 18.5. The van der Waals surface area contributed by atoms with Crippen molar-refractivity contribution in [1.82, 2.24) is 4.90 Å². The zero-order valence-corrected chi connectivity index (χ0v) is 11.8. The van der Waals surface area contributed by atoms with E-state index in [1.54, 1.807) is 19.9 Å². The molecule has 5 heteroatoms. The first-order valence-corrected chi connectivity index (χ1v) is 6.36. The summed E-state index contributed by atoms with van der Waals surface area (Å²) in [6.45, 7) is 7.25. The van der Waals surface area contributed by atoms with Gasteiger partial charge in [-0.3, -0.25) is 4.79 Å². The van der Waals surface area contributed by atoms with Gasteiger partial charge in [0, 0.05) is 13.1 Å². The predicted octanol–water partition coefficient (Wildman–Crippen LogP) is 1.99. The Morgan fingerprint density at radius 1 is 1.45 bits per heavy atom. The number of rotatable bonds is 7. The average Bonchev–Trinajstić information content (AvgIpc) is 2.40. The fourth-order valence-corrected chi connectivity index (χ4v) is 1.77. The smallest absolute Gasteiger partial charge is 0.266 e. The minimum atomic E-state index is -1.12. The first-order valence-electron chi connectivity index (χ1n) is 6.36. The second kappa shape index (κ2) is 7.05. The number of halogens is 1. The maximum Gasteiger partial charge on any atom is 0.266 e. The zero-order valence-electron chi connectivity index (χ0n) is 11.8. The Kier molecular flexibility index (Phi) is 5.70. The summed E-state index contributed by atoms with van der Waals surface area (Å²) in [5, 5.41) is 8.99. The highest BCUT2D eigenvalue weighted by atomic mass is 19.1. The van der Waals surface area contributed by atoms with E-state index in [9.17, 15) is 9.18 Å². The number of nitrogens with zero attached hydrogens (tertiary/aromatic N) is 1. The van der Waals surface area contributed by atoms with Crippen molar-refractivity contribution in [2.24, 2.45) is 0 Å². The van der Waals surface area contributed by atoms with Crippen LogP contribution in [0.1, 0.15) is 13.8 Å². The van der Waals surface area contributed by atoms with Gasteiger partial charge in [0.2, 0.25) is 0 Å². The molecule has 110 valence electrons. The molecule has 0 saturated carbocycles. The van der Waals surface area contributed by atoms with Gasteiger partial charge in [-0.2, -0.15) is 0 Å². The summed E-state index contributed by atoms with van der Waals surface area (Å²) in [4.78, 5) is 13.8. The summed E-state index contributed by atoms with van der Waals surface area (Å²) in [6.07, 6.45) is 1.58. The summed E-state index contributed by atoms with van der Waals surface area (Å²) in [6, 6.07) is 5.47. The topological polar surface area (TPSA) is 49.8 Å². The average molecular weight is 281 g/mol. The molecular formula is C15H20FNO3. The largest absolute Gasteiger partial charge is 0.478 e. The van der Waals surface area contributed by atoms with E-state index in [2.05, 4.69) is 6.58 Å². The lowest BCUT2D eigenvalue weighted by atomic mass is 10.1. The van der Waals surface area contributed by atoms with E-state index in [0.717, 1.165) is 0 Å². The van der Waals surface area contributed by atoms with Crippen molar-refractivity contribution in [3.63, 3.8) is 0 Å². The Morgan fingerprint density at radius 2 is 2.05 bits per heavy atom. The van der Waals surface area contributed by atoms with Crippen molar-refractivity contribution in [2.75, 3.05) is 19.7 Å². The molecule has 1 aromatic rings. The molecular weight excluding hydrogens is 261 g/mol. The second-order valence-electron chi connectivity index (χ2n) is 4.83. The molecule has 1 N–H and O–H groups in total. The fraction of sp³-hybridized carbons (Fsp3) is 0.400. The molecule has 0 aliphatic carbocycles. The third-order valence-corrected chi connectivity index (χ3v) is 2.71. The number of carbonyl (C=O) groups is 1. The first-order chi connectivity index (χ1) is 9.40. The molecule has 0 fully saturated rings. The maximum absolute atomic E-state index is 12.8. The quantitative estimate of drug-likeness (QED) is 0.778. The molecule has 0 unspecified atom stereocenters. The Balaban J connectivity index is 2.81. The van der Waals surface area contributed by atoms with Gasteiger partial charge in [-0.15, -0.1) is 6.58 Å². The van der Waals surface area contributed by atoms with Crippen LogP contribution in [0.25, 0.3) is 0 Å². The van der Waals surface area contributed by atoms with Crippen LogP contribution < -0.4 is 4.74 Å². The van der Waals surface area contributed by atoms with Gasteiger partial charge in [0.25, 0.3) is 5.91 Å². The predicted molar refractivity (Wildman–Crippen MR) is 75.0 cm³/mol. The molecule has 0 atom stereocenters. The summed E-state index contributed by atoms with van der Waals surface area (Å²) in [5.74, 6) is -0.224. The third-order valence-electron chi connectivity index (χ3n) is 2.71. The molecule has 1 rings (SSSR count). The van der Waals surface area contributed by atoms with Gasteiger partial charge in [0.05, 0.1) is 6.61 Å². The minimum Gasteiger partial charge on any atom is -0.478 e. The lowest BCUT2D eigenvalue weighted by molar-refractivity contribution is -0.145. The van der Waals surface area contributed by atoms with Crippen LogP contribution in [0, 0.1) is 5.82 Å². The third kappa shape index (κ3) is 4.35. The molecule has 1 aromatic carbocycles. The minimum absolute atomic E-state index is 0.133. The van der Waals surface area contributed by atoms with Gasteiger partial charge < -0.3 is 14.7 Å². The summed E-state index contributed by atoms with van der Waals surface area (Å²) in [5.41, 5.74) is -1.12. The summed E-state index contributed by atoms with van der Waals surface area (Å²) >= 11 is 0. The number of hydrogen-bond donors (Lipinski definition) is 1. The van der Waals surface area contributed by atoms with Crippen molar-refractivity contribution in [2.45, 2.75) is 19.4 Å². The fourth-order valence-electron chi connectivity index (χ4n) is 1.77. The van der Waals surface area contributed by atoms with Crippen molar-refractivity contribution in [3.05, 3.63) is 42.7 Å². The molecule has 0 aliphatic heterocycles. The van der Waals surface area contributed by atoms with E-state index in [1.807, 2.05) is 0 Å². The molecule has 0 aromatic heterocycles. The van der Waals surface area contributed by atoms with E-state index in [0.29, 0.717) is 12.3 Å². The Hall–Kier alpha value is -1.88. The van der Waals surface area contributed by atoms with Crippen LogP contribution in [0.2, 0.25) is 0 Å². The molecule has 0 heterocycles. The number of ether oxygens (including phenoxy) is 1. The molecule has 0 aliphatic rings. The highest BCUT2D eigenvalue weighted by molar-refractivity contribution is 5.85. The Bertz CT molecular complexity index is 457. The van der Waals surface area contributed by atoms with Crippen LogP contribution >= 0.6 is 0 Å². The number of hydrogen-bond acceptors (Lipinski definition) is 3. The SMILES string of the molecule is C=CCN(CCO)C(=O)C(C)(C)Oc1ccc(F)cc1.